The largest absolute Gasteiger partial charge is 0.469 e. The minimum absolute atomic E-state index is 0.0768. The van der Waals surface area contributed by atoms with Crippen LogP contribution >= 0.6 is 0 Å². The summed E-state index contributed by atoms with van der Waals surface area (Å²) in [6, 6.07) is 6.15. The van der Waals surface area contributed by atoms with Crippen LogP contribution < -0.4 is 0 Å². The van der Waals surface area contributed by atoms with Crippen molar-refractivity contribution in [1.29, 1.82) is 0 Å². The van der Waals surface area contributed by atoms with Gasteiger partial charge in [0.1, 0.15) is 11.5 Å². The van der Waals surface area contributed by atoms with Gasteiger partial charge in [0.2, 0.25) is 0 Å². The van der Waals surface area contributed by atoms with Gasteiger partial charge >= 0.3 is 5.97 Å². The first-order valence-electron chi connectivity index (χ1n) is 7.71. The van der Waals surface area contributed by atoms with Crippen LogP contribution in [0.2, 0.25) is 0 Å². The van der Waals surface area contributed by atoms with Crippen LogP contribution in [0, 0.1) is 5.82 Å². The maximum atomic E-state index is 13.8. The van der Waals surface area contributed by atoms with Gasteiger partial charge in [-0.25, -0.2) is 9.07 Å². The number of nitrogens with zero attached hydrogens (tertiary/aromatic N) is 3. The molecule has 8 heteroatoms. The topological polar surface area (TPSA) is 73.7 Å². The van der Waals surface area contributed by atoms with Crippen molar-refractivity contribution in [2.24, 2.45) is 0 Å². The first kappa shape index (κ1) is 18.6. The first-order valence-corrected chi connectivity index (χ1v) is 7.71. The van der Waals surface area contributed by atoms with Crippen molar-refractivity contribution in [2.45, 2.75) is 6.42 Å². The summed E-state index contributed by atoms with van der Waals surface area (Å²) in [7, 11) is 2.82. The summed E-state index contributed by atoms with van der Waals surface area (Å²) < 4.78 is 24.7. The number of amides is 1. The number of para-hydroxylation sites is 1. The van der Waals surface area contributed by atoms with Crippen LogP contribution in [0.5, 0.6) is 0 Å². The molecule has 2 rings (SSSR count). The number of rotatable bonds is 8. The van der Waals surface area contributed by atoms with E-state index in [-0.39, 0.29) is 24.6 Å². The molecule has 0 aliphatic carbocycles. The second-order valence-corrected chi connectivity index (χ2v) is 5.24. The van der Waals surface area contributed by atoms with Crippen LogP contribution in [0.15, 0.2) is 36.7 Å². The van der Waals surface area contributed by atoms with Crippen molar-refractivity contribution >= 4 is 11.9 Å². The molecule has 25 heavy (non-hydrogen) atoms. The Bertz CT molecular complexity index is 732. The Morgan fingerprint density at radius 2 is 2.00 bits per heavy atom. The van der Waals surface area contributed by atoms with Gasteiger partial charge in [0.15, 0.2) is 0 Å². The van der Waals surface area contributed by atoms with Gasteiger partial charge in [-0.2, -0.15) is 5.10 Å². The molecule has 0 fully saturated rings. The molecule has 0 saturated carbocycles. The van der Waals surface area contributed by atoms with Gasteiger partial charge in [-0.3, -0.25) is 9.59 Å². The highest BCUT2D eigenvalue weighted by molar-refractivity contribution is 5.94. The lowest BCUT2D eigenvalue weighted by atomic mass is 10.2. The fraction of sp³-hybridized carbons (Fsp3) is 0.353. The van der Waals surface area contributed by atoms with E-state index in [2.05, 4.69) is 9.84 Å². The molecule has 0 spiro atoms. The molecule has 1 aromatic heterocycles. The Morgan fingerprint density at radius 3 is 2.68 bits per heavy atom. The minimum Gasteiger partial charge on any atom is -0.469 e. The third-order valence-electron chi connectivity index (χ3n) is 3.59. The van der Waals surface area contributed by atoms with Crippen molar-refractivity contribution in [3.8, 4) is 5.69 Å². The Morgan fingerprint density at radius 1 is 1.24 bits per heavy atom. The number of carbonyl (C=O) groups excluding carboxylic acids is 2. The predicted molar refractivity (Wildman–Crippen MR) is 87.9 cm³/mol. The van der Waals surface area contributed by atoms with E-state index < -0.39 is 11.8 Å². The number of carbonyl (C=O) groups is 2. The van der Waals surface area contributed by atoms with Crippen molar-refractivity contribution in [3.05, 3.63) is 48.0 Å². The molecule has 2 aromatic rings. The molecule has 0 aliphatic rings. The van der Waals surface area contributed by atoms with Gasteiger partial charge in [0.25, 0.3) is 5.91 Å². The summed E-state index contributed by atoms with van der Waals surface area (Å²) in [6.45, 7) is 0.839. The number of hydrogen-bond acceptors (Lipinski definition) is 5. The lowest BCUT2D eigenvalue weighted by molar-refractivity contribution is -0.140. The van der Waals surface area contributed by atoms with E-state index in [1.165, 1.54) is 42.3 Å². The van der Waals surface area contributed by atoms with Gasteiger partial charge in [-0.1, -0.05) is 12.1 Å². The second kappa shape index (κ2) is 8.93. The van der Waals surface area contributed by atoms with E-state index in [1.54, 1.807) is 18.2 Å². The molecule has 1 amide bonds. The van der Waals surface area contributed by atoms with Crippen LogP contribution in [0.25, 0.3) is 5.69 Å². The third kappa shape index (κ3) is 4.87. The van der Waals surface area contributed by atoms with E-state index in [0.717, 1.165) is 0 Å². The number of benzene rings is 1. The average Bonchev–Trinajstić information content (AvgIpc) is 3.11. The molecular weight excluding hydrogens is 329 g/mol. The molecule has 0 aliphatic heterocycles. The molecular formula is C17H20FN3O4. The summed E-state index contributed by atoms with van der Waals surface area (Å²) in [5, 5.41) is 4.05. The van der Waals surface area contributed by atoms with Crippen molar-refractivity contribution in [1.82, 2.24) is 14.7 Å². The lowest BCUT2D eigenvalue weighted by Gasteiger charge is -2.21. The molecule has 7 nitrogen and oxygen atoms in total. The summed E-state index contributed by atoms with van der Waals surface area (Å²) in [5.74, 6) is -1.16. The average molecular weight is 349 g/mol. The quantitative estimate of drug-likeness (QED) is 0.678. The monoisotopic (exact) mass is 349 g/mol. The zero-order valence-corrected chi connectivity index (χ0v) is 14.1. The van der Waals surface area contributed by atoms with E-state index in [4.69, 9.17) is 4.74 Å². The smallest absolute Gasteiger partial charge is 0.307 e. The summed E-state index contributed by atoms with van der Waals surface area (Å²) in [5.41, 5.74) is 0.545. The molecule has 0 radical (unpaired) electrons. The van der Waals surface area contributed by atoms with E-state index >= 15 is 0 Å². The maximum absolute atomic E-state index is 13.8. The van der Waals surface area contributed by atoms with Gasteiger partial charge in [0, 0.05) is 26.4 Å². The summed E-state index contributed by atoms with van der Waals surface area (Å²) in [6.07, 6.45) is 2.90. The zero-order valence-electron chi connectivity index (χ0n) is 14.1. The Kier molecular flexibility index (Phi) is 6.64. The highest BCUT2D eigenvalue weighted by Crippen LogP contribution is 2.14. The van der Waals surface area contributed by atoms with E-state index in [1.807, 2.05) is 0 Å². The molecule has 134 valence electrons. The fourth-order valence-corrected chi connectivity index (χ4v) is 2.23. The highest BCUT2D eigenvalue weighted by atomic mass is 19.1. The van der Waals surface area contributed by atoms with Crippen LogP contribution in [0.1, 0.15) is 16.8 Å². The molecule has 1 aromatic carbocycles. The zero-order chi connectivity index (χ0) is 18.2. The highest BCUT2D eigenvalue weighted by Gasteiger charge is 2.19. The maximum Gasteiger partial charge on any atom is 0.307 e. The minimum atomic E-state index is -0.438. The predicted octanol–water partition coefficient (Wildman–Crippen LogP) is 1.66. The molecule has 1 heterocycles. The number of ether oxygens (including phenoxy) is 2. The van der Waals surface area contributed by atoms with Crippen molar-refractivity contribution in [3.63, 3.8) is 0 Å². The molecule has 0 bridgehead atoms. The third-order valence-corrected chi connectivity index (χ3v) is 3.59. The summed E-state index contributed by atoms with van der Waals surface area (Å²) >= 11 is 0. The second-order valence-electron chi connectivity index (χ2n) is 5.24. The van der Waals surface area contributed by atoms with Crippen LogP contribution in [-0.2, 0) is 14.3 Å². The number of aromatic nitrogens is 2. The van der Waals surface area contributed by atoms with Crippen LogP contribution in [0.3, 0.4) is 0 Å². The van der Waals surface area contributed by atoms with Crippen LogP contribution in [0.4, 0.5) is 4.39 Å². The fourth-order valence-electron chi connectivity index (χ4n) is 2.23. The lowest BCUT2D eigenvalue weighted by Crippen LogP contribution is -2.35. The normalized spacial score (nSPS) is 10.5. The van der Waals surface area contributed by atoms with Crippen molar-refractivity contribution in [2.75, 3.05) is 33.9 Å². The molecule has 0 atom stereocenters. The van der Waals surface area contributed by atoms with E-state index in [0.29, 0.717) is 18.7 Å². The first-order chi connectivity index (χ1) is 12.1. The molecule has 0 N–H and O–H groups in total. The van der Waals surface area contributed by atoms with Gasteiger partial charge in [-0.05, 0) is 12.1 Å². The standard InChI is InChI=1S/C17H20FN3O4/c1-24-10-9-20(8-7-16(22)25-2)17(23)13-11-19-21(12-13)15-6-4-3-5-14(15)18/h3-6,11-12H,7-10H2,1-2H3. The number of halogens is 1. The molecule has 0 unspecified atom stereocenters. The van der Waals surface area contributed by atoms with Gasteiger partial charge in [-0.15, -0.1) is 0 Å². The Labute approximate surface area is 144 Å². The number of methoxy groups -OCH3 is 2. The SMILES string of the molecule is COCCN(CCC(=O)OC)C(=O)c1cnn(-c2ccccc2F)c1. The van der Waals surface area contributed by atoms with Crippen LogP contribution in [-0.4, -0.2) is 60.5 Å². The van der Waals surface area contributed by atoms with Gasteiger partial charge < -0.3 is 14.4 Å². The number of hydrogen-bond donors (Lipinski definition) is 0. The Balaban J connectivity index is 2.15. The van der Waals surface area contributed by atoms with E-state index in [9.17, 15) is 14.0 Å². The summed E-state index contributed by atoms with van der Waals surface area (Å²) in [4.78, 5) is 25.5. The Hall–Kier alpha value is -2.74. The van der Waals surface area contributed by atoms with Crippen molar-refractivity contribution < 1.29 is 23.5 Å². The van der Waals surface area contributed by atoms with Gasteiger partial charge in [0.05, 0.1) is 31.9 Å². The molecule has 0 saturated heterocycles. The number of esters is 1.